The van der Waals surface area contributed by atoms with Crippen molar-refractivity contribution in [2.45, 2.75) is 31.6 Å². The number of hydrogen-bond donors (Lipinski definition) is 0. The highest BCUT2D eigenvalue weighted by molar-refractivity contribution is 5.90. The SMILES string of the molecule is COC(=O)c1ccn2cc(C3CCCC3)nc2c1. The summed E-state index contributed by atoms with van der Waals surface area (Å²) in [6, 6.07) is 3.54. The molecule has 0 atom stereocenters. The molecule has 1 saturated carbocycles. The molecule has 1 aliphatic carbocycles. The van der Waals surface area contributed by atoms with Gasteiger partial charge >= 0.3 is 5.97 Å². The Morgan fingerprint density at radius 2 is 2.22 bits per heavy atom. The zero-order valence-corrected chi connectivity index (χ0v) is 10.4. The Hall–Kier alpha value is -1.84. The number of methoxy groups -OCH3 is 1. The Morgan fingerprint density at radius 1 is 1.44 bits per heavy atom. The first-order chi connectivity index (χ1) is 8.78. The lowest BCUT2D eigenvalue weighted by molar-refractivity contribution is 0.0600. The molecule has 0 saturated heterocycles. The molecule has 2 heterocycles. The van der Waals surface area contributed by atoms with Gasteiger partial charge in [0.05, 0.1) is 18.4 Å². The number of nitrogens with zero attached hydrogens (tertiary/aromatic N) is 2. The van der Waals surface area contributed by atoms with E-state index in [1.165, 1.54) is 32.8 Å². The molecule has 3 rings (SSSR count). The van der Waals surface area contributed by atoms with Crippen LogP contribution in [-0.2, 0) is 4.74 Å². The number of carbonyl (C=O) groups excluding carboxylic acids is 1. The summed E-state index contributed by atoms with van der Waals surface area (Å²) in [6.45, 7) is 0. The van der Waals surface area contributed by atoms with Crippen LogP contribution in [0.25, 0.3) is 5.65 Å². The van der Waals surface area contributed by atoms with Crippen molar-refractivity contribution in [1.29, 1.82) is 0 Å². The first-order valence-electron chi connectivity index (χ1n) is 6.35. The van der Waals surface area contributed by atoms with E-state index in [0.29, 0.717) is 11.5 Å². The number of esters is 1. The number of imidazole rings is 1. The third-order valence-electron chi connectivity index (χ3n) is 3.67. The number of ether oxygens (including phenoxy) is 1. The van der Waals surface area contributed by atoms with E-state index in [0.717, 1.165) is 11.3 Å². The van der Waals surface area contributed by atoms with Gasteiger partial charge in [0.1, 0.15) is 5.65 Å². The molecule has 1 fully saturated rings. The molecule has 18 heavy (non-hydrogen) atoms. The lowest BCUT2D eigenvalue weighted by atomic mass is 10.1. The number of pyridine rings is 1. The monoisotopic (exact) mass is 244 g/mol. The topological polar surface area (TPSA) is 43.6 Å². The standard InChI is InChI=1S/C14H16N2O2/c1-18-14(17)11-6-7-16-9-12(15-13(16)8-11)10-4-2-3-5-10/h6-10H,2-5H2,1H3. The summed E-state index contributed by atoms with van der Waals surface area (Å²) in [5, 5.41) is 0. The average molecular weight is 244 g/mol. The molecule has 94 valence electrons. The van der Waals surface area contributed by atoms with Crippen LogP contribution in [0.2, 0.25) is 0 Å². The average Bonchev–Trinajstić information content (AvgIpc) is 3.04. The molecule has 1 aliphatic rings. The van der Waals surface area contributed by atoms with Gasteiger partial charge in [0.15, 0.2) is 0 Å². The van der Waals surface area contributed by atoms with Crippen molar-refractivity contribution in [2.24, 2.45) is 0 Å². The highest BCUT2D eigenvalue weighted by atomic mass is 16.5. The maximum absolute atomic E-state index is 11.5. The highest BCUT2D eigenvalue weighted by Crippen LogP contribution is 2.33. The molecule has 2 aromatic rings. The van der Waals surface area contributed by atoms with Crippen LogP contribution in [0.5, 0.6) is 0 Å². The van der Waals surface area contributed by atoms with E-state index in [1.54, 1.807) is 12.1 Å². The smallest absolute Gasteiger partial charge is 0.338 e. The summed E-state index contributed by atoms with van der Waals surface area (Å²) in [5.74, 6) is 0.273. The number of fused-ring (bicyclic) bond motifs is 1. The second-order valence-corrected chi connectivity index (χ2v) is 4.82. The lowest BCUT2D eigenvalue weighted by Gasteiger charge is -2.02. The number of rotatable bonds is 2. The van der Waals surface area contributed by atoms with Crippen LogP contribution in [0.1, 0.15) is 47.7 Å². The molecule has 0 N–H and O–H groups in total. The third-order valence-corrected chi connectivity index (χ3v) is 3.67. The van der Waals surface area contributed by atoms with Gasteiger partial charge in [-0.25, -0.2) is 9.78 Å². The maximum atomic E-state index is 11.5. The molecular formula is C14H16N2O2. The number of aromatic nitrogens is 2. The summed E-state index contributed by atoms with van der Waals surface area (Å²) in [6.07, 6.45) is 9.00. The fraction of sp³-hybridized carbons (Fsp3) is 0.429. The lowest BCUT2D eigenvalue weighted by Crippen LogP contribution is -2.01. The van der Waals surface area contributed by atoms with Crippen LogP contribution in [-0.4, -0.2) is 22.5 Å². The van der Waals surface area contributed by atoms with Crippen molar-refractivity contribution in [3.8, 4) is 0 Å². The molecule has 0 aromatic carbocycles. The largest absolute Gasteiger partial charge is 0.465 e. The Bertz CT molecular complexity index is 582. The first-order valence-corrected chi connectivity index (χ1v) is 6.35. The first kappa shape index (κ1) is 11.3. The maximum Gasteiger partial charge on any atom is 0.338 e. The third kappa shape index (κ3) is 1.88. The van der Waals surface area contributed by atoms with E-state index in [4.69, 9.17) is 4.74 Å². The van der Waals surface area contributed by atoms with Gasteiger partial charge < -0.3 is 9.14 Å². The minimum atomic E-state index is -0.317. The van der Waals surface area contributed by atoms with Gasteiger partial charge in [0.2, 0.25) is 0 Å². The van der Waals surface area contributed by atoms with Gasteiger partial charge in [0.25, 0.3) is 0 Å². The van der Waals surface area contributed by atoms with Crippen molar-refractivity contribution in [2.75, 3.05) is 7.11 Å². The normalized spacial score (nSPS) is 16.3. The highest BCUT2D eigenvalue weighted by Gasteiger charge is 2.20. The van der Waals surface area contributed by atoms with Crippen LogP contribution < -0.4 is 0 Å². The predicted octanol–water partition coefficient (Wildman–Crippen LogP) is 2.78. The second-order valence-electron chi connectivity index (χ2n) is 4.82. The van der Waals surface area contributed by atoms with E-state index in [1.807, 2.05) is 10.6 Å². The molecule has 0 aliphatic heterocycles. The van der Waals surface area contributed by atoms with E-state index in [9.17, 15) is 4.79 Å². The molecule has 4 nitrogen and oxygen atoms in total. The molecule has 0 amide bonds. The fourth-order valence-corrected chi connectivity index (χ4v) is 2.66. The number of carbonyl (C=O) groups is 1. The molecule has 0 unspecified atom stereocenters. The van der Waals surface area contributed by atoms with Gasteiger partial charge in [-0.2, -0.15) is 0 Å². The quantitative estimate of drug-likeness (QED) is 0.763. The van der Waals surface area contributed by atoms with Crippen LogP contribution in [0.15, 0.2) is 24.5 Å². The zero-order chi connectivity index (χ0) is 12.5. The Kier molecular flexibility index (Phi) is 2.78. The van der Waals surface area contributed by atoms with E-state index < -0.39 is 0 Å². The molecular weight excluding hydrogens is 228 g/mol. The van der Waals surface area contributed by atoms with Crippen molar-refractivity contribution in [3.63, 3.8) is 0 Å². The number of hydrogen-bond acceptors (Lipinski definition) is 3. The van der Waals surface area contributed by atoms with Crippen molar-refractivity contribution in [3.05, 3.63) is 35.8 Å². The summed E-state index contributed by atoms with van der Waals surface area (Å²) < 4.78 is 6.69. The van der Waals surface area contributed by atoms with Gasteiger partial charge in [-0.3, -0.25) is 0 Å². The predicted molar refractivity (Wildman–Crippen MR) is 67.7 cm³/mol. The summed E-state index contributed by atoms with van der Waals surface area (Å²) >= 11 is 0. The van der Waals surface area contributed by atoms with E-state index in [-0.39, 0.29) is 5.97 Å². The van der Waals surface area contributed by atoms with Crippen molar-refractivity contribution < 1.29 is 9.53 Å². The summed E-state index contributed by atoms with van der Waals surface area (Å²) in [5.41, 5.74) is 2.52. The minimum Gasteiger partial charge on any atom is -0.465 e. The van der Waals surface area contributed by atoms with Crippen molar-refractivity contribution >= 4 is 11.6 Å². The Morgan fingerprint density at radius 3 is 2.94 bits per heavy atom. The zero-order valence-electron chi connectivity index (χ0n) is 10.4. The van der Waals surface area contributed by atoms with Crippen LogP contribution >= 0.6 is 0 Å². The summed E-state index contributed by atoms with van der Waals surface area (Å²) in [4.78, 5) is 16.1. The van der Waals surface area contributed by atoms with Crippen molar-refractivity contribution in [1.82, 2.24) is 9.38 Å². The molecule has 0 spiro atoms. The van der Waals surface area contributed by atoms with E-state index >= 15 is 0 Å². The van der Waals surface area contributed by atoms with Crippen LogP contribution in [0, 0.1) is 0 Å². The van der Waals surface area contributed by atoms with E-state index in [2.05, 4.69) is 11.2 Å². The van der Waals surface area contributed by atoms with Gasteiger partial charge in [-0.1, -0.05) is 12.8 Å². The molecule has 0 bridgehead atoms. The van der Waals surface area contributed by atoms with Crippen LogP contribution in [0.3, 0.4) is 0 Å². The minimum absolute atomic E-state index is 0.317. The van der Waals surface area contributed by atoms with Gasteiger partial charge in [-0.05, 0) is 25.0 Å². The van der Waals surface area contributed by atoms with Gasteiger partial charge in [-0.15, -0.1) is 0 Å². The fourth-order valence-electron chi connectivity index (χ4n) is 2.66. The van der Waals surface area contributed by atoms with Gasteiger partial charge in [0, 0.05) is 18.3 Å². The molecule has 0 radical (unpaired) electrons. The molecule has 2 aromatic heterocycles. The summed E-state index contributed by atoms with van der Waals surface area (Å²) in [7, 11) is 1.39. The Balaban J connectivity index is 1.98. The van der Waals surface area contributed by atoms with Crippen LogP contribution in [0.4, 0.5) is 0 Å². The Labute approximate surface area is 106 Å². The molecule has 4 heteroatoms. The second kappa shape index (κ2) is 4.44.